The van der Waals surface area contributed by atoms with E-state index in [1.54, 1.807) is 0 Å². The SMILES string of the molecule is Cc1ccc(N2CCC(c3ccc(Br)cc3)C2)c(C)c1. The van der Waals surface area contributed by atoms with Crippen LogP contribution in [-0.4, -0.2) is 13.1 Å². The Morgan fingerprint density at radius 3 is 2.50 bits per heavy atom. The van der Waals surface area contributed by atoms with Gasteiger partial charge in [-0.1, -0.05) is 45.8 Å². The van der Waals surface area contributed by atoms with Crippen LogP contribution in [0.25, 0.3) is 0 Å². The maximum Gasteiger partial charge on any atom is 0.0396 e. The fourth-order valence-electron chi connectivity index (χ4n) is 3.15. The second kappa shape index (κ2) is 5.61. The highest BCUT2D eigenvalue weighted by molar-refractivity contribution is 9.10. The summed E-state index contributed by atoms with van der Waals surface area (Å²) >= 11 is 3.51. The molecular formula is C18H20BrN. The van der Waals surface area contributed by atoms with Gasteiger partial charge in [-0.15, -0.1) is 0 Å². The third-order valence-corrected chi connectivity index (χ3v) is 4.75. The van der Waals surface area contributed by atoms with Crippen LogP contribution < -0.4 is 4.90 Å². The molecule has 0 aliphatic carbocycles. The zero-order valence-electron chi connectivity index (χ0n) is 12.1. The molecule has 1 nitrogen and oxygen atoms in total. The van der Waals surface area contributed by atoms with Crippen LogP contribution in [0.1, 0.15) is 29.0 Å². The molecule has 2 aromatic carbocycles. The predicted molar refractivity (Wildman–Crippen MR) is 89.6 cm³/mol. The molecular weight excluding hydrogens is 310 g/mol. The second-order valence-corrected chi connectivity index (χ2v) is 6.69. The minimum absolute atomic E-state index is 0.656. The molecule has 1 fully saturated rings. The van der Waals surface area contributed by atoms with Gasteiger partial charge in [-0.2, -0.15) is 0 Å². The van der Waals surface area contributed by atoms with Crippen LogP contribution in [0.2, 0.25) is 0 Å². The third kappa shape index (κ3) is 2.76. The number of hydrogen-bond acceptors (Lipinski definition) is 1. The lowest BCUT2D eigenvalue weighted by atomic mass is 9.99. The van der Waals surface area contributed by atoms with Gasteiger partial charge in [0.1, 0.15) is 0 Å². The molecule has 1 aliphatic heterocycles. The van der Waals surface area contributed by atoms with E-state index < -0.39 is 0 Å². The van der Waals surface area contributed by atoms with Crippen molar-refractivity contribution in [3.63, 3.8) is 0 Å². The van der Waals surface area contributed by atoms with Crippen molar-refractivity contribution in [3.8, 4) is 0 Å². The molecule has 2 aromatic rings. The van der Waals surface area contributed by atoms with Crippen molar-refractivity contribution in [1.29, 1.82) is 0 Å². The van der Waals surface area contributed by atoms with Crippen LogP contribution in [0, 0.1) is 13.8 Å². The zero-order chi connectivity index (χ0) is 14.1. The number of rotatable bonds is 2. The van der Waals surface area contributed by atoms with E-state index in [-0.39, 0.29) is 0 Å². The molecule has 0 aromatic heterocycles. The summed E-state index contributed by atoms with van der Waals surface area (Å²) in [5.74, 6) is 0.656. The molecule has 1 heterocycles. The number of nitrogens with zero attached hydrogens (tertiary/aromatic N) is 1. The topological polar surface area (TPSA) is 3.24 Å². The van der Waals surface area contributed by atoms with Gasteiger partial charge in [0.05, 0.1) is 0 Å². The number of halogens is 1. The Balaban J connectivity index is 1.78. The van der Waals surface area contributed by atoms with Gasteiger partial charge in [0, 0.05) is 29.2 Å². The average molecular weight is 330 g/mol. The quantitative estimate of drug-likeness (QED) is 0.744. The zero-order valence-corrected chi connectivity index (χ0v) is 13.7. The summed E-state index contributed by atoms with van der Waals surface area (Å²) in [7, 11) is 0. The summed E-state index contributed by atoms with van der Waals surface area (Å²) < 4.78 is 1.16. The van der Waals surface area contributed by atoms with E-state index in [0.717, 1.165) is 17.6 Å². The maximum absolute atomic E-state index is 3.51. The monoisotopic (exact) mass is 329 g/mol. The van der Waals surface area contributed by atoms with E-state index in [4.69, 9.17) is 0 Å². The first-order valence-corrected chi connectivity index (χ1v) is 8.00. The maximum atomic E-state index is 3.51. The van der Waals surface area contributed by atoms with Gasteiger partial charge in [0.2, 0.25) is 0 Å². The minimum atomic E-state index is 0.656. The van der Waals surface area contributed by atoms with E-state index in [1.807, 2.05) is 0 Å². The van der Waals surface area contributed by atoms with Crippen LogP contribution in [-0.2, 0) is 0 Å². The Bertz CT molecular complexity index is 603. The van der Waals surface area contributed by atoms with E-state index in [0.29, 0.717) is 5.92 Å². The molecule has 0 spiro atoms. The van der Waals surface area contributed by atoms with Gasteiger partial charge >= 0.3 is 0 Å². The fraction of sp³-hybridized carbons (Fsp3) is 0.333. The van der Waals surface area contributed by atoms with Crippen LogP contribution >= 0.6 is 15.9 Å². The molecule has 1 aliphatic rings. The van der Waals surface area contributed by atoms with Crippen LogP contribution in [0.5, 0.6) is 0 Å². The highest BCUT2D eigenvalue weighted by atomic mass is 79.9. The predicted octanol–water partition coefficient (Wildman–Crippen LogP) is 5.06. The van der Waals surface area contributed by atoms with E-state index in [9.17, 15) is 0 Å². The van der Waals surface area contributed by atoms with Crippen molar-refractivity contribution in [2.24, 2.45) is 0 Å². The molecule has 3 rings (SSSR count). The van der Waals surface area contributed by atoms with Crippen molar-refractivity contribution >= 4 is 21.6 Å². The summed E-state index contributed by atoms with van der Waals surface area (Å²) in [5.41, 5.74) is 5.59. The van der Waals surface area contributed by atoms with Gasteiger partial charge in [0.25, 0.3) is 0 Å². The van der Waals surface area contributed by atoms with Crippen molar-refractivity contribution in [3.05, 3.63) is 63.6 Å². The molecule has 2 heteroatoms. The lowest BCUT2D eigenvalue weighted by Gasteiger charge is -2.21. The number of aryl methyl sites for hydroxylation is 2. The third-order valence-electron chi connectivity index (χ3n) is 4.22. The normalized spacial score (nSPS) is 18.6. The van der Waals surface area contributed by atoms with E-state index in [2.05, 4.69) is 77.1 Å². The Hall–Kier alpha value is -1.28. The first-order chi connectivity index (χ1) is 9.63. The van der Waals surface area contributed by atoms with Gasteiger partial charge in [-0.05, 0) is 49.6 Å². The Labute approximate surface area is 129 Å². The van der Waals surface area contributed by atoms with Gasteiger partial charge in [-0.3, -0.25) is 0 Å². The van der Waals surface area contributed by atoms with Gasteiger partial charge in [0.15, 0.2) is 0 Å². The van der Waals surface area contributed by atoms with Crippen molar-refractivity contribution in [1.82, 2.24) is 0 Å². The smallest absolute Gasteiger partial charge is 0.0396 e. The van der Waals surface area contributed by atoms with Gasteiger partial charge in [-0.25, -0.2) is 0 Å². The summed E-state index contributed by atoms with van der Waals surface area (Å²) in [5, 5.41) is 0. The molecule has 1 unspecified atom stereocenters. The van der Waals surface area contributed by atoms with Gasteiger partial charge < -0.3 is 4.90 Å². The Morgan fingerprint density at radius 2 is 1.80 bits per heavy atom. The molecule has 20 heavy (non-hydrogen) atoms. The Kier molecular flexibility index (Phi) is 3.84. The molecule has 104 valence electrons. The molecule has 0 amide bonds. The molecule has 0 bridgehead atoms. The molecule has 0 N–H and O–H groups in total. The van der Waals surface area contributed by atoms with Crippen LogP contribution in [0.4, 0.5) is 5.69 Å². The van der Waals surface area contributed by atoms with E-state index in [1.165, 1.54) is 28.8 Å². The molecule has 1 saturated heterocycles. The summed E-state index contributed by atoms with van der Waals surface area (Å²) in [4.78, 5) is 2.53. The van der Waals surface area contributed by atoms with E-state index >= 15 is 0 Å². The summed E-state index contributed by atoms with van der Waals surface area (Å²) in [6.07, 6.45) is 1.24. The lowest BCUT2D eigenvalue weighted by Crippen LogP contribution is -2.20. The minimum Gasteiger partial charge on any atom is -0.371 e. The number of hydrogen-bond donors (Lipinski definition) is 0. The molecule has 0 radical (unpaired) electrons. The Morgan fingerprint density at radius 1 is 1.05 bits per heavy atom. The first kappa shape index (κ1) is 13.7. The van der Waals surface area contributed by atoms with Crippen LogP contribution in [0.3, 0.4) is 0 Å². The highest BCUT2D eigenvalue weighted by Crippen LogP contribution is 2.33. The average Bonchev–Trinajstić information content (AvgIpc) is 2.89. The second-order valence-electron chi connectivity index (χ2n) is 5.77. The standard InChI is InChI=1S/C18H20BrN/c1-13-3-8-18(14(2)11-13)20-10-9-16(12-20)15-4-6-17(19)7-5-15/h3-8,11,16H,9-10,12H2,1-2H3. The largest absolute Gasteiger partial charge is 0.371 e. The lowest BCUT2D eigenvalue weighted by molar-refractivity contribution is 0.775. The summed E-state index contributed by atoms with van der Waals surface area (Å²) in [6, 6.07) is 15.6. The summed E-state index contributed by atoms with van der Waals surface area (Å²) in [6.45, 7) is 6.66. The first-order valence-electron chi connectivity index (χ1n) is 7.21. The van der Waals surface area contributed by atoms with Crippen molar-refractivity contribution in [2.75, 3.05) is 18.0 Å². The number of anilines is 1. The molecule has 1 atom stereocenters. The van der Waals surface area contributed by atoms with Crippen LogP contribution in [0.15, 0.2) is 46.9 Å². The van der Waals surface area contributed by atoms with Crippen molar-refractivity contribution in [2.45, 2.75) is 26.2 Å². The highest BCUT2D eigenvalue weighted by Gasteiger charge is 2.24. The molecule has 0 saturated carbocycles. The number of benzene rings is 2. The fourth-order valence-corrected chi connectivity index (χ4v) is 3.41. The van der Waals surface area contributed by atoms with Crippen molar-refractivity contribution < 1.29 is 0 Å².